The lowest BCUT2D eigenvalue weighted by atomic mass is 9.87. The van der Waals surface area contributed by atoms with Crippen molar-refractivity contribution in [1.29, 1.82) is 0 Å². The summed E-state index contributed by atoms with van der Waals surface area (Å²) in [5.41, 5.74) is 0.994. The Labute approximate surface area is 123 Å². The summed E-state index contributed by atoms with van der Waals surface area (Å²) in [5.74, 6) is 0.0272. The van der Waals surface area contributed by atoms with Crippen molar-refractivity contribution in [3.05, 3.63) is 33.8 Å². The fraction of sp³-hybridized carbons (Fsp3) is 0.571. The van der Waals surface area contributed by atoms with Crippen molar-refractivity contribution in [2.75, 3.05) is 13.2 Å². The van der Waals surface area contributed by atoms with Gasteiger partial charge in [0.1, 0.15) is 6.10 Å². The minimum Gasteiger partial charge on any atom is -0.394 e. The SMILES string of the molecule is OC[C@@H](O)[C@H]1OCCCC[C@H]1c1ccc(Cl)c(Cl)c1. The topological polar surface area (TPSA) is 49.7 Å². The summed E-state index contributed by atoms with van der Waals surface area (Å²) in [7, 11) is 0. The van der Waals surface area contributed by atoms with Gasteiger partial charge in [-0.05, 0) is 30.5 Å². The molecule has 0 bridgehead atoms. The van der Waals surface area contributed by atoms with Gasteiger partial charge in [-0.15, -0.1) is 0 Å². The van der Waals surface area contributed by atoms with E-state index < -0.39 is 12.2 Å². The number of hydrogen-bond acceptors (Lipinski definition) is 3. The standard InChI is InChI=1S/C14H18Cl2O3/c15-11-5-4-9(7-12(11)16)10-3-1-2-6-19-14(10)13(18)8-17/h4-5,7,10,13-14,17-18H,1-3,6,8H2/t10-,13+,14-/m0/s1. The van der Waals surface area contributed by atoms with Gasteiger partial charge in [0, 0.05) is 12.5 Å². The third-order valence-corrected chi connectivity index (χ3v) is 4.29. The molecular formula is C14H18Cl2O3. The van der Waals surface area contributed by atoms with Crippen molar-refractivity contribution in [1.82, 2.24) is 0 Å². The predicted octanol–water partition coefficient (Wildman–Crippen LogP) is 3.00. The molecule has 2 rings (SSSR count). The molecule has 0 amide bonds. The van der Waals surface area contributed by atoms with Crippen LogP contribution in [0, 0.1) is 0 Å². The first-order chi connectivity index (χ1) is 9.13. The first-order valence-electron chi connectivity index (χ1n) is 6.49. The summed E-state index contributed by atoms with van der Waals surface area (Å²) >= 11 is 12.0. The van der Waals surface area contributed by atoms with E-state index in [4.69, 9.17) is 33.0 Å². The van der Waals surface area contributed by atoms with Crippen LogP contribution in [-0.4, -0.2) is 35.6 Å². The smallest absolute Gasteiger partial charge is 0.104 e. The second kappa shape index (κ2) is 6.91. The fourth-order valence-electron chi connectivity index (χ4n) is 2.55. The zero-order valence-corrected chi connectivity index (χ0v) is 12.1. The summed E-state index contributed by atoms with van der Waals surface area (Å²) in [6.07, 6.45) is 1.62. The molecule has 5 heteroatoms. The molecule has 1 aliphatic rings. The van der Waals surface area contributed by atoms with Crippen LogP contribution in [-0.2, 0) is 4.74 Å². The van der Waals surface area contributed by atoms with Crippen molar-refractivity contribution in [2.45, 2.75) is 37.4 Å². The van der Waals surface area contributed by atoms with Crippen LogP contribution in [0.2, 0.25) is 10.0 Å². The molecule has 0 aromatic heterocycles. The highest BCUT2D eigenvalue weighted by molar-refractivity contribution is 6.42. The van der Waals surface area contributed by atoms with Crippen molar-refractivity contribution in [3.8, 4) is 0 Å². The van der Waals surface area contributed by atoms with Gasteiger partial charge in [0.05, 0.1) is 22.8 Å². The maximum Gasteiger partial charge on any atom is 0.104 e. The Balaban J connectivity index is 2.28. The van der Waals surface area contributed by atoms with Gasteiger partial charge in [-0.1, -0.05) is 35.7 Å². The first-order valence-corrected chi connectivity index (χ1v) is 7.24. The van der Waals surface area contributed by atoms with E-state index in [2.05, 4.69) is 0 Å². The third-order valence-electron chi connectivity index (χ3n) is 3.55. The van der Waals surface area contributed by atoms with Gasteiger partial charge >= 0.3 is 0 Å². The molecule has 0 radical (unpaired) electrons. The van der Waals surface area contributed by atoms with E-state index in [0.29, 0.717) is 16.7 Å². The van der Waals surface area contributed by atoms with Gasteiger partial charge in [-0.2, -0.15) is 0 Å². The summed E-state index contributed by atoms with van der Waals surface area (Å²) in [5, 5.41) is 20.1. The highest BCUT2D eigenvalue weighted by Crippen LogP contribution is 2.35. The molecule has 1 saturated heterocycles. The van der Waals surface area contributed by atoms with Crippen LogP contribution in [0.25, 0.3) is 0 Å². The largest absolute Gasteiger partial charge is 0.394 e. The van der Waals surface area contributed by atoms with Crippen LogP contribution in [0.3, 0.4) is 0 Å². The molecule has 0 spiro atoms. The van der Waals surface area contributed by atoms with E-state index in [9.17, 15) is 5.11 Å². The molecule has 0 unspecified atom stereocenters. The Kier molecular flexibility index (Phi) is 5.48. The number of aliphatic hydroxyl groups is 2. The molecule has 0 aliphatic carbocycles. The number of halogens is 2. The lowest BCUT2D eigenvalue weighted by Crippen LogP contribution is -2.36. The van der Waals surface area contributed by atoms with Crippen LogP contribution in [0.4, 0.5) is 0 Å². The molecule has 0 saturated carbocycles. The number of hydrogen-bond donors (Lipinski definition) is 2. The van der Waals surface area contributed by atoms with E-state index in [-0.39, 0.29) is 12.5 Å². The van der Waals surface area contributed by atoms with Crippen LogP contribution < -0.4 is 0 Å². The Morgan fingerprint density at radius 1 is 1.26 bits per heavy atom. The lowest BCUT2D eigenvalue weighted by molar-refractivity contribution is -0.0641. The maximum atomic E-state index is 9.93. The normalized spacial score (nSPS) is 25.9. The number of benzene rings is 1. The first kappa shape index (κ1) is 15.1. The molecule has 1 aromatic carbocycles. The van der Waals surface area contributed by atoms with Crippen LogP contribution in [0.1, 0.15) is 30.7 Å². The van der Waals surface area contributed by atoms with Crippen molar-refractivity contribution in [3.63, 3.8) is 0 Å². The number of ether oxygens (including phenoxy) is 1. The number of aliphatic hydroxyl groups excluding tert-OH is 2. The summed E-state index contributed by atoms with van der Waals surface area (Å²) in [4.78, 5) is 0. The van der Waals surface area contributed by atoms with Crippen molar-refractivity contribution >= 4 is 23.2 Å². The van der Waals surface area contributed by atoms with Crippen molar-refractivity contribution < 1.29 is 14.9 Å². The van der Waals surface area contributed by atoms with E-state index in [0.717, 1.165) is 24.8 Å². The Morgan fingerprint density at radius 2 is 2.05 bits per heavy atom. The summed E-state index contributed by atoms with van der Waals surface area (Å²) < 4.78 is 5.71. The van der Waals surface area contributed by atoms with Gasteiger partial charge in [-0.25, -0.2) is 0 Å². The maximum absolute atomic E-state index is 9.93. The molecular weight excluding hydrogens is 287 g/mol. The van der Waals surface area contributed by atoms with Crippen LogP contribution in [0.5, 0.6) is 0 Å². The monoisotopic (exact) mass is 304 g/mol. The van der Waals surface area contributed by atoms with Crippen molar-refractivity contribution in [2.24, 2.45) is 0 Å². The Hall–Kier alpha value is -0.320. The fourth-order valence-corrected chi connectivity index (χ4v) is 2.86. The molecule has 1 aliphatic heterocycles. The van der Waals surface area contributed by atoms with Crippen LogP contribution >= 0.6 is 23.2 Å². The lowest BCUT2D eigenvalue weighted by Gasteiger charge is -2.28. The molecule has 1 heterocycles. The average molecular weight is 305 g/mol. The van der Waals surface area contributed by atoms with E-state index >= 15 is 0 Å². The van der Waals surface area contributed by atoms with Gasteiger partial charge in [-0.3, -0.25) is 0 Å². The molecule has 1 fully saturated rings. The molecule has 19 heavy (non-hydrogen) atoms. The zero-order chi connectivity index (χ0) is 13.8. The third kappa shape index (κ3) is 3.61. The molecule has 2 N–H and O–H groups in total. The van der Waals surface area contributed by atoms with Gasteiger partial charge < -0.3 is 14.9 Å². The molecule has 3 atom stereocenters. The highest BCUT2D eigenvalue weighted by Gasteiger charge is 2.31. The minimum absolute atomic E-state index is 0.0272. The highest BCUT2D eigenvalue weighted by atomic mass is 35.5. The van der Waals surface area contributed by atoms with Gasteiger partial charge in [0.2, 0.25) is 0 Å². The molecule has 3 nitrogen and oxygen atoms in total. The second-order valence-corrected chi connectivity index (χ2v) is 5.68. The summed E-state index contributed by atoms with van der Waals surface area (Å²) in [6.45, 7) is 0.308. The summed E-state index contributed by atoms with van der Waals surface area (Å²) in [6, 6.07) is 5.48. The number of rotatable bonds is 3. The molecule has 106 valence electrons. The second-order valence-electron chi connectivity index (χ2n) is 4.86. The van der Waals surface area contributed by atoms with Crippen LogP contribution in [0.15, 0.2) is 18.2 Å². The van der Waals surface area contributed by atoms with E-state index in [1.807, 2.05) is 12.1 Å². The van der Waals surface area contributed by atoms with E-state index in [1.54, 1.807) is 6.07 Å². The molecule has 1 aromatic rings. The Morgan fingerprint density at radius 3 is 2.74 bits per heavy atom. The van der Waals surface area contributed by atoms with E-state index in [1.165, 1.54) is 0 Å². The minimum atomic E-state index is -0.877. The van der Waals surface area contributed by atoms with Gasteiger partial charge in [0.15, 0.2) is 0 Å². The quantitative estimate of drug-likeness (QED) is 0.902. The zero-order valence-electron chi connectivity index (χ0n) is 10.6. The average Bonchev–Trinajstić information content (AvgIpc) is 2.66. The Bertz CT molecular complexity index is 425. The van der Waals surface area contributed by atoms with Gasteiger partial charge in [0.25, 0.3) is 0 Å². The predicted molar refractivity (Wildman–Crippen MR) is 75.9 cm³/mol.